The lowest BCUT2D eigenvalue weighted by atomic mass is 10.1. The molecule has 0 aliphatic heterocycles. The van der Waals surface area contributed by atoms with E-state index in [4.69, 9.17) is 15.0 Å². The number of hydrogen-bond acceptors (Lipinski definition) is 4. The van der Waals surface area contributed by atoms with Crippen LogP contribution in [0.3, 0.4) is 0 Å². The van der Waals surface area contributed by atoms with Crippen molar-refractivity contribution < 1.29 is 9.26 Å². The van der Waals surface area contributed by atoms with Gasteiger partial charge in [-0.1, -0.05) is 37.2 Å². The molecule has 2 rings (SSSR count). The number of benzene rings is 1. The van der Waals surface area contributed by atoms with Crippen molar-refractivity contribution in [3.05, 3.63) is 47.3 Å². The molecule has 0 spiro atoms. The van der Waals surface area contributed by atoms with E-state index < -0.39 is 0 Å². The minimum atomic E-state index is 0. The van der Waals surface area contributed by atoms with E-state index in [2.05, 4.69) is 29.3 Å². The van der Waals surface area contributed by atoms with Crippen LogP contribution >= 0.6 is 24.0 Å². The zero-order valence-corrected chi connectivity index (χ0v) is 15.9. The summed E-state index contributed by atoms with van der Waals surface area (Å²) in [5, 5.41) is 7.07. The summed E-state index contributed by atoms with van der Waals surface area (Å²) in [7, 11) is 1.66. The molecule has 7 heteroatoms. The number of rotatable bonds is 6. The van der Waals surface area contributed by atoms with Gasteiger partial charge in [0.15, 0.2) is 11.7 Å². The summed E-state index contributed by atoms with van der Waals surface area (Å²) in [4.78, 5) is 4.27. The molecule has 0 fully saturated rings. The summed E-state index contributed by atoms with van der Waals surface area (Å²) in [5.74, 6) is 1.35. The Hall–Kier alpha value is -1.61. The largest absolute Gasteiger partial charge is 0.380 e. The third-order valence-electron chi connectivity index (χ3n) is 3.15. The number of para-hydroxylation sites is 1. The first kappa shape index (κ1) is 19.4. The molecule has 0 bridgehead atoms. The molecule has 1 aromatic heterocycles. The maximum Gasteiger partial charge on any atom is 0.193 e. The van der Waals surface area contributed by atoms with Gasteiger partial charge >= 0.3 is 0 Å². The van der Waals surface area contributed by atoms with Gasteiger partial charge in [-0.3, -0.25) is 0 Å². The second-order valence-electron chi connectivity index (χ2n) is 5.29. The molecule has 126 valence electrons. The smallest absolute Gasteiger partial charge is 0.193 e. The molecule has 0 atom stereocenters. The van der Waals surface area contributed by atoms with Gasteiger partial charge in [-0.2, -0.15) is 0 Å². The average molecular weight is 430 g/mol. The van der Waals surface area contributed by atoms with Crippen LogP contribution in [0.15, 0.2) is 39.8 Å². The average Bonchev–Trinajstić information content (AvgIpc) is 2.97. The van der Waals surface area contributed by atoms with E-state index >= 15 is 0 Å². The minimum absolute atomic E-state index is 0. The third kappa shape index (κ3) is 5.83. The number of methoxy groups -OCH3 is 1. The highest BCUT2D eigenvalue weighted by Crippen LogP contribution is 2.16. The van der Waals surface area contributed by atoms with E-state index in [1.165, 1.54) is 0 Å². The highest BCUT2D eigenvalue weighted by Gasteiger charge is 2.07. The fourth-order valence-electron chi connectivity index (χ4n) is 1.94. The summed E-state index contributed by atoms with van der Waals surface area (Å²) in [6.45, 7) is 4.99. The van der Waals surface area contributed by atoms with E-state index in [1.807, 2.05) is 30.3 Å². The van der Waals surface area contributed by atoms with Crippen LogP contribution in [0.2, 0.25) is 0 Å². The Bertz CT molecular complexity index is 641. The van der Waals surface area contributed by atoms with E-state index in [-0.39, 0.29) is 24.0 Å². The van der Waals surface area contributed by atoms with Crippen molar-refractivity contribution >= 4 is 35.6 Å². The van der Waals surface area contributed by atoms with Gasteiger partial charge in [-0.05, 0) is 12.0 Å². The number of nitrogens with zero attached hydrogens (tertiary/aromatic N) is 2. The van der Waals surface area contributed by atoms with Gasteiger partial charge in [-0.15, -0.1) is 24.0 Å². The van der Waals surface area contributed by atoms with Crippen LogP contribution in [-0.4, -0.2) is 18.2 Å². The Morgan fingerprint density at radius 2 is 2.13 bits per heavy atom. The monoisotopic (exact) mass is 430 g/mol. The summed E-state index contributed by atoms with van der Waals surface area (Å²) >= 11 is 0. The van der Waals surface area contributed by atoms with Gasteiger partial charge in [0, 0.05) is 24.4 Å². The maximum absolute atomic E-state index is 5.92. The second-order valence-corrected chi connectivity index (χ2v) is 5.29. The number of anilines is 1. The lowest BCUT2D eigenvalue weighted by Crippen LogP contribution is -2.23. The first-order chi connectivity index (χ1) is 10.6. The molecule has 23 heavy (non-hydrogen) atoms. The van der Waals surface area contributed by atoms with Crippen LogP contribution in [0.1, 0.15) is 36.8 Å². The van der Waals surface area contributed by atoms with Gasteiger partial charge in [0.2, 0.25) is 0 Å². The third-order valence-corrected chi connectivity index (χ3v) is 3.15. The van der Waals surface area contributed by atoms with Crippen LogP contribution < -0.4 is 11.1 Å². The van der Waals surface area contributed by atoms with Gasteiger partial charge in [-0.25, -0.2) is 4.99 Å². The van der Waals surface area contributed by atoms with Crippen molar-refractivity contribution in [2.75, 3.05) is 12.4 Å². The Morgan fingerprint density at radius 3 is 2.78 bits per heavy atom. The van der Waals surface area contributed by atoms with E-state index in [9.17, 15) is 0 Å². The van der Waals surface area contributed by atoms with Crippen molar-refractivity contribution in [1.29, 1.82) is 0 Å². The van der Waals surface area contributed by atoms with E-state index in [0.717, 1.165) is 16.9 Å². The minimum Gasteiger partial charge on any atom is -0.380 e. The molecule has 0 radical (unpaired) electrons. The number of hydrogen-bond donors (Lipinski definition) is 2. The molecule has 0 saturated heterocycles. The lowest BCUT2D eigenvalue weighted by molar-refractivity contribution is 0.185. The molecule has 2 aromatic rings. The first-order valence-electron chi connectivity index (χ1n) is 7.19. The molecule has 0 unspecified atom stereocenters. The quantitative estimate of drug-likeness (QED) is 0.416. The highest BCUT2D eigenvalue weighted by atomic mass is 127. The molecule has 0 amide bonds. The van der Waals surface area contributed by atoms with E-state index in [0.29, 0.717) is 30.8 Å². The molecule has 1 heterocycles. The zero-order valence-electron chi connectivity index (χ0n) is 13.6. The standard InChI is InChI=1S/C16H22N4O2.HI/c1-11(2)15-8-13(22-20-15)9-18-16(17)19-14-7-5-4-6-12(14)10-21-3;/h4-8,11H,9-10H2,1-3H3,(H3,17,18,19);1H. The van der Waals surface area contributed by atoms with Crippen molar-refractivity contribution in [3.63, 3.8) is 0 Å². The molecule has 3 N–H and O–H groups in total. The number of ether oxygens (including phenoxy) is 1. The summed E-state index contributed by atoms with van der Waals surface area (Å²) in [6.07, 6.45) is 0. The predicted molar refractivity (Wildman–Crippen MR) is 102 cm³/mol. The summed E-state index contributed by atoms with van der Waals surface area (Å²) in [5.41, 5.74) is 8.74. The Labute approximate surface area is 153 Å². The molecule has 6 nitrogen and oxygen atoms in total. The summed E-state index contributed by atoms with van der Waals surface area (Å²) < 4.78 is 10.4. The molecule has 0 aliphatic rings. The summed E-state index contributed by atoms with van der Waals surface area (Å²) in [6, 6.07) is 9.70. The van der Waals surface area contributed by atoms with Crippen LogP contribution in [-0.2, 0) is 17.9 Å². The van der Waals surface area contributed by atoms with Crippen LogP contribution in [0.5, 0.6) is 0 Å². The predicted octanol–water partition coefficient (Wildman–Crippen LogP) is 3.49. The van der Waals surface area contributed by atoms with Gasteiger partial charge < -0.3 is 20.3 Å². The topological polar surface area (TPSA) is 85.7 Å². The normalized spacial score (nSPS) is 11.4. The van der Waals surface area contributed by atoms with Gasteiger partial charge in [0.25, 0.3) is 0 Å². The van der Waals surface area contributed by atoms with Crippen LogP contribution in [0, 0.1) is 0 Å². The lowest BCUT2D eigenvalue weighted by Gasteiger charge is -2.10. The number of nitrogens with two attached hydrogens (primary N) is 1. The fourth-order valence-corrected chi connectivity index (χ4v) is 1.94. The van der Waals surface area contributed by atoms with Crippen LogP contribution in [0.25, 0.3) is 0 Å². The second kappa shape index (κ2) is 9.51. The Balaban J connectivity index is 0.00000264. The molecule has 1 aromatic carbocycles. The number of aromatic nitrogens is 1. The van der Waals surface area contributed by atoms with Gasteiger partial charge in [0.1, 0.15) is 6.54 Å². The first-order valence-corrected chi connectivity index (χ1v) is 7.19. The molecular weight excluding hydrogens is 407 g/mol. The molecule has 0 saturated carbocycles. The number of nitrogens with one attached hydrogen (secondary N) is 1. The Morgan fingerprint density at radius 1 is 1.39 bits per heavy atom. The molecular formula is C16H23IN4O2. The highest BCUT2D eigenvalue weighted by molar-refractivity contribution is 14.0. The van der Waals surface area contributed by atoms with Crippen molar-refractivity contribution in [2.24, 2.45) is 10.7 Å². The molecule has 0 aliphatic carbocycles. The van der Waals surface area contributed by atoms with Crippen molar-refractivity contribution in [2.45, 2.75) is 32.9 Å². The Kier molecular flexibility index (Phi) is 8.04. The zero-order chi connectivity index (χ0) is 15.9. The number of guanidine groups is 1. The maximum atomic E-state index is 5.92. The van der Waals surface area contributed by atoms with E-state index in [1.54, 1.807) is 7.11 Å². The van der Waals surface area contributed by atoms with Crippen molar-refractivity contribution in [3.8, 4) is 0 Å². The van der Waals surface area contributed by atoms with Crippen LogP contribution in [0.4, 0.5) is 5.69 Å². The SMILES string of the molecule is COCc1ccccc1NC(N)=NCc1cc(C(C)C)no1.I. The van der Waals surface area contributed by atoms with Crippen molar-refractivity contribution in [1.82, 2.24) is 5.16 Å². The van der Waals surface area contributed by atoms with Gasteiger partial charge in [0.05, 0.1) is 12.3 Å². The number of halogens is 1. The fraction of sp³-hybridized carbons (Fsp3) is 0.375. The number of aliphatic imine (C=N–C) groups is 1.